The molecule has 1 aliphatic rings. The lowest BCUT2D eigenvalue weighted by Gasteiger charge is -2.28. The molecule has 0 saturated carbocycles. The third-order valence-corrected chi connectivity index (χ3v) is 4.88. The van der Waals surface area contributed by atoms with Crippen LogP contribution in [0.1, 0.15) is 58.4 Å². The van der Waals surface area contributed by atoms with Gasteiger partial charge in [0.2, 0.25) is 5.91 Å². The molecule has 1 saturated heterocycles. The predicted octanol–water partition coefficient (Wildman–Crippen LogP) is 3.97. The Morgan fingerprint density at radius 2 is 2.23 bits per heavy atom. The smallest absolute Gasteiger partial charge is 0.229 e. The van der Waals surface area contributed by atoms with Gasteiger partial charge in [0.05, 0.1) is 23.9 Å². The molecule has 0 aromatic heterocycles. The van der Waals surface area contributed by atoms with E-state index in [1.165, 1.54) is 6.07 Å². The molecule has 3 N–H and O–H groups in total. The number of hydrogen-bond donors (Lipinski definition) is 2. The van der Waals surface area contributed by atoms with Crippen molar-refractivity contribution >= 4 is 17.4 Å². The van der Waals surface area contributed by atoms with Crippen LogP contribution in [0.5, 0.6) is 0 Å². The molecule has 6 heteroatoms. The number of aliphatic imine (C=N–C) groups is 1. The van der Waals surface area contributed by atoms with E-state index < -0.39 is 5.54 Å². The third-order valence-electron chi connectivity index (χ3n) is 4.88. The predicted molar refractivity (Wildman–Crippen MR) is 103 cm³/mol. The summed E-state index contributed by atoms with van der Waals surface area (Å²) in [6.07, 6.45) is 3.91. The standard InChI is InChI=1S/C20H30FN3O2/c1-4-6-10-20(3,24-18(22)5-2)16-12-15(7-8-17(16)21)23-19(25)14-9-11-26-13-14/h7-8,12,14H,4-6,9-11,13H2,1-3H3,(H2,22,24)(H,23,25). The van der Waals surface area contributed by atoms with Crippen LogP contribution in [0.2, 0.25) is 0 Å². The first-order valence-corrected chi connectivity index (χ1v) is 9.42. The number of amides is 1. The number of nitrogens with zero attached hydrogens (tertiary/aromatic N) is 1. The van der Waals surface area contributed by atoms with Gasteiger partial charge in [0.15, 0.2) is 0 Å². The van der Waals surface area contributed by atoms with E-state index in [9.17, 15) is 9.18 Å². The molecular weight excluding hydrogens is 333 g/mol. The van der Waals surface area contributed by atoms with E-state index in [4.69, 9.17) is 10.5 Å². The summed E-state index contributed by atoms with van der Waals surface area (Å²) < 4.78 is 19.9. The molecule has 1 aliphatic heterocycles. The Hall–Kier alpha value is -1.95. The van der Waals surface area contributed by atoms with E-state index in [0.717, 1.165) is 12.8 Å². The number of nitrogens with one attached hydrogen (secondary N) is 1. The van der Waals surface area contributed by atoms with Crippen LogP contribution in [0.4, 0.5) is 10.1 Å². The van der Waals surface area contributed by atoms with Gasteiger partial charge in [-0.2, -0.15) is 0 Å². The highest BCUT2D eigenvalue weighted by molar-refractivity contribution is 5.92. The molecule has 2 unspecified atom stereocenters. The number of amidine groups is 1. The lowest BCUT2D eigenvalue weighted by atomic mass is 9.86. The minimum absolute atomic E-state index is 0.0908. The maximum atomic E-state index is 14.6. The van der Waals surface area contributed by atoms with Crippen molar-refractivity contribution in [3.8, 4) is 0 Å². The summed E-state index contributed by atoms with van der Waals surface area (Å²) in [5, 5.41) is 2.88. The number of anilines is 1. The minimum atomic E-state index is -0.753. The fourth-order valence-corrected chi connectivity index (χ4v) is 3.17. The number of halogens is 1. The van der Waals surface area contributed by atoms with E-state index >= 15 is 0 Å². The molecule has 26 heavy (non-hydrogen) atoms. The molecule has 0 bridgehead atoms. The summed E-state index contributed by atoms with van der Waals surface area (Å²) in [6.45, 7) is 6.96. The van der Waals surface area contributed by atoms with E-state index in [0.29, 0.717) is 49.6 Å². The quantitative estimate of drug-likeness (QED) is 0.542. The monoisotopic (exact) mass is 363 g/mol. The largest absolute Gasteiger partial charge is 0.387 e. The molecule has 1 aromatic carbocycles. The molecule has 2 atom stereocenters. The zero-order chi connectivity index (χ0) is 19.2. The average molecular weight is 363 g/mol. The normalized spacial score (nSPS) is 20.0. The van der Waals surface area contributed by atoms with Gasteiger partial charge in [-0.15, -0.1) is 0 Å². The Morgan fingerprint density at radius 3 is 2.85 bits per heavy atom. The van der Waals surface area contributed by atoms with Gasteiger partial charge in [-0.25, -0.2) is 4.39 Å². The maximum absolute atomic E-state index is 14.6. The van der Waals surface area contributed by atoms with Crippen molar-refractivity contribution in [1.29, 1.82) is 0 Å². The molecular formula is C20H30FN3O2. The van der Waals surface area contributed by atoms with Crippen LogP contribution in [-0.4, -0.2) is 25.0 Å². The van der Waals surface area contributed by atoms with Gasteiger partial charge in [-0.3, -0.25) is 9.79 Å². The molecule has 1 amide bonds. The molecule has 0 aliphatic carbocycles. The number of ether oxygens (including phenoxy) is 1. The molecule has 144 valence electrons. The van der Waals surface area contributed by atoms with Gasteiger partial charge >= 0.3 is 0 Å². The summed E-state index contributed by atoms with van der Waals surface area (Å²) in [4.78, 5) is 16.9. The molecule has 5 nitrogen and oxygen atoms in total. The zero-order valence-corrected chi connectivity index (χ0v) is 16.0. The highest BCUT2D eigenvalue weighted by Gasteiger charge is 2.30. The van der Waals surface area contributed by atoms with Crippen molar-refractivity contribution in [3.05, 3.63) is 29.6 Å². The average Bonchev–Trinajstić information content (AvgIpc) is 3.16. The first-order chi connectivity index (χ1) is 12.4. The van der Waals surface area contributed by atoms with Gasteiger partial charge in [-0.05, 0) is 38.0 Å². The second-order valence-corrected chi connectivity index (χ2v) is 7.08. The lowest BCUT2D eigenvalue weighted by molar-refractivity contribution is -0.119. The van der Waals surface area contributed by atoms with E-state index in [-0.39, 0.29) is 17.6 Å². The molecule has 1 heterocycles. The second kappa shape index (κ2) is 9.12. The van der Waals surface area contributed by atoms with Crippen LogP contribution in [0.25, 0.3) is 0 Å². The van der Waals surface area contributed by atoms with Crippen LogP contribution < -0.4 is 11.1 Å². The number of benzene rings is 1. The molecule has 0 radical (unpaired) electrons. The van der Waals surface area contributed by atoms with Gasteiger partial charge in [0, 0.05) is 24.3 Å². The molecule has 1 fully saturated rings. The molecule has 0 spiro atoms. The first kappa shape index (κ1) is 20.4. The lowest BCUT2D eigenvalue weighted by Crippen LogP contribution is -2.27. The van der Waals surface area contributed by atoms with Gasteiger partial charge in [0.1, 0.15) is 5.82 Å². The maximum Gasteiger partial charge on any atom is 0.229 e. The summed E-state index contributed by atoms with van der Waals surface area (Å²) >= 11 is 0. The summed E-state index contributed by atoms with van der Waals surface area (Å²) in [5.41, 5.74) is 6.25. The Bertz CT molecular complexity index is 656. The second-order valence-electron chi connectivity index (χ2n) is 7.08. The Labute approximate surface area is 155 Å². The highest BCUT2D eigenvalue weighted by atomic mass is 19.1. The number of hydrogen-bond acceptors (Lipinski definition) is 3. The van der Waals surface area contributed by atoms with Gasteiger partial charge in [0.25, 0.3) is 0 Å². The minimum Gasteiger partial charge on any atom is -0.387 e. The number of nitrogens with two attached hydrogens (primary N) is 1. The van der Waals surface area contributed by atoms with Crippen molar-refractivity contribution in [1.82, 2.24) is 0 Å². The summed E-state index contributed by atoms with van der Waals surface area (Å²) in [7, 11) is 0. The number of carbonyl (C=O) groups is 1. The van der Waals surface area contributed by atoms with E-state index in [1.807, 2.05) is 13.8 Å². The van der Waals surface area contributed by atoms with Crippen molar-refractivity contribution in [2.24, 2.45) is 16.6 Å². The number of rotatable bonds is 8. The summed E-state index contributed by atoms with van der Waals surface area (Å²) in [6, 6.07) is 4.66. The SMILES string of the molecule is CCCCC(C)(N=C(N)CC)c1cc(NC(=O)C2CCOC2)ccc1F. The Balaban J connectivity index is 2.31. The van der Waals surface area contributed by atoms with E-state index in [2.05, 4.69) is 17.2 Å². The van der Waals surface area contributed by atoms with Gasteiger partial charge < -0.3 is 15.8 Å². The van der Waals surface area contributed by atoms with Crippen LogP contribution in [0.3, 0.4) is 0 Å². The number of carbonyl (C=O) groups excluding carboxylic acids is 1. The van der Waals surface area contributed by atoms with E-state index in [1.54, 1.807) is 12.1 Å². The zero-order valence-electron chi connectivity index (χ0n) is 16.0. The van der Waals surface area contributed by atoms with Crippen LogP contribution in [0, 0.1) is 11.7 Å². The number of unbranched alkanes of at least 4 members (excludes halogenated alkanes) is 1. The first-order valence-electron chi connectivity index (χ1n) is 9.42. The van der Waals surface area contributed by atoms with Crippen LogP contribution >= 0.6 is 0 Å². The van der Waals surface area contributed by atoms with Crippen molar-refractivity contribution in [2.75, 3.05) is 18.5 Å². The summed E-state index contributed by atoms with van der Waals surface area (Å²) in [5.74, 6) is -0.0744. The molecule has 1 aromatic rings. The third kappa shape index (κ3) is 5.04. The van der Waals surface area contributed by atoms with Gasteiger partial charge in [-0.1, -0.05) is 26.7 Å². The Morgan fingerprint density at radius 1 is 1.46 bits per heavy atom. The van der Waals surface area contributed by atoms with Crippen molar-refractivity contribution in [2.45, 2.75) is 58.4 Å². The molecule has 2 rings (SSSR count). The van der Waals surface area contributed by atoms with Crippen LogP contribution in [0.15, 0.2) is 23.2 Å². The van der Waals surface area contributed by atoms with Crippen molar-refractivity contribution < 1.29 is 13.9 Å². The topological polar surface area (TPSA) is 76.7 Å². The van der Waals surface area contributed by atoms with Crippen molar-refractivity contribution in [3.63, 3.8) is 0 Å². The highest BCUT2D eigenvalue weighted by Crippen LogP contribution is 2.35. The fraction of sp³-hybridized carbons (Fsp3) is 0.600. The van der Waals surface area contributed by atoms with Crippen LogP contribution in [-0.2, 0) is 15.1 Å². The fourth-order valence-electron chi connectivity index (χ4n) is 3.17. The Kier molecular flexibility index (Phi) is 7.14.